The van der Waals surface area contributed by atoms with E-state index >= 15 is 0 Å². The average Bonchev–Trinajstić information content (AvgIpc) is 2.49. The molecule has 0 fully saturated rings. The van der Waals surface area contributed by atoms with E-state index in [-0.39, 0.29) is 22.8 Å². The summed E-state index contributed by atoms with van der Waals surface area (Å²) in [5, 5.41) is 0. The first-order chi connectivity index (χ1) is 11.1. The molecule has 0 heterocycles. The molecule has 2 aromatic rings. The average molecular weight is 350 g/mol. The number of methoxy groups -OCH3 is 1. The molecular formula is C17H19O6P. The number of carbonyl (C=O) groups is 1. The first-order valence-corrected chi connectivity index (χ1v) is 8.71. The lowest BCUT2D eigenvalue weighted by atomic mass is 9.95. The molecule has 6 nitrogen and oxygen atoms in total. The minimum Gasteiger partial charge on any atom is -0.493 e. The summed E-state index contributed by atoms with van der Waals surface area (Å²) in [6.07, 6.45) is 0. The molecule has 7 heteroatoms. The van der Waals surface area contributed by atoms with Gasteiger partial charge in [-0.3, -0.25) is 14.6 Å². The van der Waals surface area contributed by atoms with E-state index in [0.717, 1.165) is 16.7 Å². The lowest BCUT2D eigenvalue weighted by molar-refractivity contribution is 0.103. The normalized spacial score (nSPS) is 11.2. The maximum absolute atomic E-state index is 12.7. The fraction of sp³-hybridized carbons (Fsp3) is 0.235. The number of hydrogen-bond donors (Lipinski definition) is 2. The molecule has 0 saturated heterocycles. The molecule has 128 valence electrons. The number of phosphoric ester groups is 1. The van der Waals surface area contributed by atoms with Crippen molar-refractivity contribution in [3.8, 4) is 11.5 Å². The van der Waals surface area contributed by atoms with Gasteiger partial charge < -0.3 is 9.26 Å². The Hall–Kier alpha value is -2.14. The van der Waals surface area contributed by atoms with Crippen LogP contribution in [0.5, 0.6) is 11.5 Å². The van der Waals surface area contributed by atoms with Crippen molar-refractivity contribution in [2.75, 3.05) is 7.11 Å². The second kappa shape index (κ2) is 6.77. The van der Waals surface area contributed by atoms with Crippen molar-refractivity contribution in [3.05, 3.63) is 58.1 Å². The van der Waals surface area contributed by atoms with Gasteiger partial charge >= 0.3 is 7.82 Å². The van der Waals surface area contributed by atoms with Gasteiger partial charge in [0.05, 0.1) is 7.11 Å². The van der Waals surface area contributed by atoms with Crippen LogP contribution in [0.25, 0.3) is 0 Å². The SMILES string of the molecule is COc1ccc(C(=O)c2cc(C)c(C)c(C)c2)cc1OP(=O)(O)O. The van der Waals surface area contributed by atoms with E-state index in [4.69, 9.17) is 14.5 Å². The Bertz CT molecular complexity index is 814. The number of rotatable bonds is 5. The van der Waals surface area contributed by atoms with Gasteiger partial charge in [-0.1, -0.05) is 0 Å². The maximum Gasteiger partial charge on any atom is 0.524 e. The van der Waals surface area contributed by atoms with Crippen molar-refractivity contribution >= 4 is 13.6 Å². The number of carbonyl (C=O) groups excluding carboxylic acids is 1. The minimum atomic E-state index is -4.76. The second-order valence-corrected chi connectivity index (χ2v) is 6.68. The Morgan fingerprint density at radius 3 is 2.04 bits per heavy atom. The molecular weight excluding hydrogens is 331 g/mol. The minimum absolute atomic E-state index is 0.131. The number of hydrogen-bond acceptors (Lipinski definition) is 4. The number of benzene rings is 2. The molecule has 24 heavy (non-hydrogen) atoms. The topological polar surface area (TPSA) is 93.1 Å². The van der Waals surface area contributed by atoms with Crippen molar-refractivity contribution in [3.63, 3.8) is 0 Å². The third-order valence-corrected chi connectivity index (χ3v) is 4.27. The first kappa shape index (κ1) is 18.2. The highest BCUT2D eigenvalue weighted by atomic mass is 31.2. The highest BCUT2D eigenvalue weighted by Gasteiger charge is 2.21. The van der Waals surface area contributed by atoms with Gasteiger partial charge in [0.25, 0.3) is 0 Å². The predicted molar refractivity (Wildman–Crippen MR) is 89.8 cm³/mol. The quantitative estimate of drug-likeness (QED) is 0.635. The van der Waals surface area contributed by atoms with Crippen LogP contribution >= 0.6 is 7.82 Å². The number of ether oxygens (including phenoxy) is 1. The lowest BCUT2D eigenvalue weighted by Crippen LogP contribution is -2.04. The molecule has 0 spiro atoms. The molecule has 0 radical (unpaired) electrons. The summed E-state index contributed by atoms with van der Waals surface area (Å²) >= 11 is 0. The van der Waals surface area contributed by atoms with Crippen LogP contribution in [0, 0.1) is 20.8 Å². The Morgan fingerprint density at radius 1 is 0.958 bits per heavy atom. The van der Waals surface area contributed by atoms with Crippen molar-refractivity contribution < 1.29 is 28.4 Å². The van der Waals surface area contributed by atoms with Gasteiger partial charge in [-0.05, 0) is 67.8 Å². The fourth-order valence-electron chi connectivity index (χ4n) is 2.35. The van der Waals surface area contributed by atoms with Crippen molar-refractivity contribution in [1.82, 2.24) is 0 Å². The van der Waals surface area contributed by atoms with Crippen LogP contribution in [-0.4, -0.2) is 22.7 Å². The second-order valence-electron chi connectivity index (χ2n) is 5.51. The van der Waals surface area contributed by atoms with Gasteiger partial charge in [0.2, 0.25) is 0 Å². The third kappa shape index (κ3) is 4.03. The lowest BCUT2D eigenvalue weighted by Gasteiger charge is -2.13. The van der Waals surface area contributed by atoms with Crippen LogP contribution < -0.4 is 9.26 Å². The summed E-state index contributed by atoms with van der Waals surface area (Å²) < 4.78 is 20.7. The van der Waals surface area contributed by atoms with Crippen molar-refractivity contribution in [2.24, 2.45) is 0 Å². The summed E-state index contributed by atoms with van der Waals surface area (Å²) in [6.45, 7) is 5.84. The zero-order valence-corrected chi connectivity index (χ0v) is 14.8. The molecule has 0 aromatic heterocycles. The molecule has 2 aromatic carbocycles. The Labute approximate surface area is 140 Å². The standard InChI is InChI=1S/C17H19O6P/c1-10-7-14(8-11(2)12(10)3)17(18)13-5-6-15(22-4)16(9-13)23-24(19,20)21/h5-9H,1-4H3,(H2,19,20,21). The highest BCUT2D eigenvalue weighted by molar-refractivity contribution is 7.46. The van der Waals surface area contributed by atoms with E-state index in [2.05, 4.69) is 4.52 Å². The molecule has 0 bridgehead atoms. The van der Waals surface area contributed by atoms with E-state index in [9.17, 15) is 9.36 Å². The van der Waals surface area contributed by atoms with Gasteiger partial charge in [0.15, 0.2) is 17.3 Å². The number of ketones is 1. The number of aryl methyl sites for hydroxylation is 2. The molecule has 0 aliphatic rings. The Balaban J connectivity index is 2.47. The van der Waals surface area contributed by atoms with Crippen LogP contribution in [0.3, 0.4) is 0 Å². The van der Waals surface area contributed by atoms with E-state index in [1.165, 1.54) is 25.3 Å². The van der Waals surface area contributed by atoms with E-state index < -0.39 is 7.82 Å². The summed E-state index contributed by atoms with van der Waals surface area (Å²) in [4.78, 5) is 30.7. The summed E-state index contributed by atoms with van der Waals surface area (Å²) in [5.41, 5.74) is 3.87. The van der Waals surface area contributed by atoms with Gasteiger partial charge in [0, 0.05) is 11.1 Å². The first-order valence-electron chi connectivity index (χ1n) is 7.18. The van der Waals surface area contributed by atoms with Crippen LogP contribution in [0.15, 0.2) is 30.3 Å². The Kier molecular flexibility index (Phi) is 5.13. The zero-order chi connectivity index (χ0) is 18.1. The van der Waals surface area contributed by atoms with Crippen LogP contribution in [0.1, 0.15) is 32.6 Å². The van der Waals surface area contributed by atoms with Crippen LogP contribution in [0.2, 0.25) is 0 Å². The third-order valence-electron chi connectivity index (χ3n) is 3.83. The highest BCUT2D eigenvalue weighted by Crippen LogP contribution is 2.42. The number of phosphoric acid groups is 1. The predicted octanol–water partition coefficient (Wildman–Crippen LogP) is 3.32. The van der Waals surface area contributed by atoms with Gasteiger partial charge in [-0.25, -0.2) is 4.57 Å². The molecule has 0 atom stereocenters. The Morgan fingerprint density at radius 2 is 1.54 bits per heavy atom. The summed E-state index contributed by atoms with van der Waals surface area (Å²) in [6, 6.07) is 7.81. The van der Waals surface area contributed by atoms with Crippen molar-refractivity contribution in [1.29, 1.82) is 0 Å². The van der Waals surface area contributed by atoms with Gasteiger partial charge in [0.1, 0.15) is 0 Å². The fourth-order valence-corrected chi connectivity index (χ4v) is 2.75. The summed E-state index contributed by atoms with van der Waals surface area (Å²) in [5.74, 6) is -0.317. The molecule has 0 aliphatic carbocycles. The van der Waals surface area contributed by atoms with Crippen molar-refractivity contribution in [2.45, 2.75) is 20.8 Å². The molecule has 2 N–H and O–H groups in total. The van der Waals surface area contributed by atoms with E-state index in [1.807, 2.05) is 20.8 Å². The molecule has 0 aliphatic heterocycles. The summed E-state index contributed by atoms with van der Waals surface area (Å²) in [7, 11) is -3.42. The largest absolute Gasteiger partial charge is 0.524 e. The van der Waals surface area contributed by atoms with Crippen LogP contribution in [0.4, 0.5) is 0 Å². The monoisotopic (exact) mass is 350 g/mol. The molecule has 0 amide bonds. The van der Waals surface area contributed by atoms with E-state index in [1.54, 1.807) is 12.1 Å². The van der Waals surface area contributed by atoms with E-state index in [0.29, 0.717) is 5.56 Å². The van der Waals surface area contributed by atoms with Gasteiger partial charge in [-0.2, -0.15) is 0 Å². The van der Waals surface area contributed by atoms with Gasteiger partial charge in [-0.15, -0.1) is 0 Å². The smallest absolute Gasteiger partial charge is 0.493 e. The zero-order valence-electron chi connectivity index (χ0n) is 13.9. The molecule has 0 unspecified atom stereocenters. The maximum atomic E-state index is 12.7. The molecule has 0 saturated carbocycles. The molecule has 2 rings (SSSR count). The van der Waals surface area contributed by atoms with Crippen LogP contribution in [-0.2, 0) is 4.57 Å².